The maximum Gasteiger partial charge on any atom is 0.156 e. The number of benzene rings is 1. The molecule has 0 saturated heterocycles. The first-order valence-corrected chi connectivity index (χ1v) is 4.46. The molecule has 1 rings (SSSR count). The number of rotatable bonds is 3. The Balaban J connectivity index is 2.73. The van der Waals surface area contributed by atoms with E-state index in [-0.39, 0.29) is 17.3 Å². The Labute approximate surface area is 88.0 Å². The lowest BCUT2D eigenvalue weighted by molar-refractivity contribution is -0.112. The van der Waals surface area contributed by atoms with E-state index in [4.69, 9.17) is 5.11 Å². The summed E-state index contributed by atoms with van der Waals surface area (Å²) in [5, 5.41) is 18.3. The maximum atomic E-state index is 10.6. The highest BCUT2D eigenvalue weighted by atomic mass is 16.3. The maximum absolute atomic E-state index is 10.6. The lowest BCUT2D eigenvalue weighted by Crippen LogP contribution is -1.84. The summed E-state index contributed by atoms with van der Waals surface area (Å²) in [6, 6.07) is 6.50. The molecule has 0 heterocycles. The summed E-state index contributed by atoms with van der Waals surface area (Å²) in [5.74, 6) is -0.103. The zero-order chi connectivity index (χ0) is 11.3. The second-order valence-corrected chi connectivity index (χ2v) is 3.10. The van der Waals surface area contributed by atoms with Gasteiger partial charge in [0.1, 0.15) is 11.5 Å². The van der Waals surface area contributed by atoms with Gasteiger partial charge in [0, 0.05) is 6.08 Å². The van der Waals surface area contributed by atoms with E-state index in [1.54, 1.807) is 30.3 Å². The summed E-state index contributed by atoms with van der Waals surface area (Å²) in [7, 11) is 0. The van der Waals surface area contributed by atoms with Crippen molar-refractivity contribution >= 4 is 11.9 Å². The summed E-state index contributed by atoms with van der Waals surface area (Å²) in [6.45, 7) is 1.37. The van der Waals surface area contributed by atoms with Gasteiger partial charge in [-0.05, 0) is 30.7 Å². The summed E-state index contributed by atoms with van der Waals surface area (Å²) in [4.78, 5) is 10.6. The predicted octanol–water partition coefficient (Wildman–Crippen LogP) is 2.44. The normalized spacial score (nSPS) is 11.9. The fourth-order valence-corrected chi connectivity index (χ4v) is 1.02. The molecule has 1 aromatic rings. The first kappa shape index (κ1) is 11.0. The smallest absolute Gasteiger partial charge is 0.156 e. The average Bonchev–Trinajstić information content (AvgIpc) is 2.16. The van der Waals surface area contributed by atoms with Gasteiger partial charge in [0.25, 0.3) is 0 Å². The van der Waals surface area contributed by atoms with Gasteiger partial charge in [0.05, 0.1) is 0 Å². The van der Waals surface area contributed by atoms with Crippen molar-refractivity contribution in [2.45, 2.75) is 6.92 Å². The third-order valence-electron chi connectivity index (χ3n) is 1.69. The molecule has 0 unspecified atom stereocenters. The molecule has 2 N–H and O–H groups in total. The van der Waals surface area contributed by atoms with Crippen molar-refractivity contribution in [2.75, 3.05) is 0 Å². The minimum Gasteiger partial charge on any atom is -0.508 e. The highest BCUT2D eigenvalue weighted by Gasteiger charge is 1.91. The molecule has 1 aromatic carbocycles. The first-order chi connectivity index (χ1) is 7.08. The molecular formula is C12H12O3. The van der Waals surface area contributed by atoms with Crippen LogP contribution in [-0.4, -0.2) is 16.0 Å². The molecule has 3 nitrogen and oxygen atoms in total. The van der Waals surface area contributed by atoms with Gasteiger partial charge in [-0.1, -0.05) is 18.2 Å². The van der Waals surface area contributed by atoms with Crippen molar-refractivity contribution in [2.24, 2.45) is 0 Å². The molecule has 0 aliphatic heterocycles. The van der Waals surface area contributed by atoms with E-state index in [0.29, 0.717) is 0 Å². The SMILES string of the molecule is CC(=O)C=C(O)/C=C/c1ccc(O)cc1. The van der Waals surface area contributed by atoms with E-state index in [0.717, 1.165) is 11.6 Å². The second-order valence-electron chi connectivity index (χ2n) is 3.10. The lowest BCUT2D eigenvalue weighted by atomic mass is 10.2. The van der Waals surface area contributed by atoms with E-state index < -0.39 is 0 Å². The van der Waals surface area contributed by atoms with Crippen molar-refractivity contribution in [3.05, 3.63) is 47.7 Å². The van der Waals surface area contributed by atoms with Gasteiger partial charge in [-0.15, -0.1) is 0 Å². The van der Waals surface area contributed by atoms with E-state index in [9.17, 15) is 9.90 Å². The van der Waals surface area contributed by atoms with Crippen LogP contribution in [0.3, 0.4) is 0 Å². The summed E-state index contributed by atoms with van der Waals surface area (Å²) in [6.07, 6.45) is 4.21. The second kappa shape index (κ2) is 5.00. The number of ketones is 1. The van der Waals surface area contributed by atoms with Crippen LogP contribution in [-0.2, 0) is 4.79 Å². The van der Waals surface area contributed by atoms with E-state index in [1.165, 1.54) is 13.0 Å². The molecule has 0 aliphatic rings. The Morgan fingerprint density at radius 1 is 1.27 bits per heavy atom. The van der Waals surface area contributed by atoms with Crippen LogP contribution in [0, 0.1) is 0 Å². The number of aliphatic hydroxyl groups excluding tert-OH is 1. The number of aromatic hydroxyl groups is 1. The van der Waals surface area contributed by atoms with Crippen LogP contribution in [0.1, 0.15) is 12.5 Å². The van der Waals surface area contributed by atoms with Crippen molar-refractivity contribution in [3.63, 3.8) is 0 Å². The zero-order valence-electron chi connectivity index (χ0n) is 8.34. The van der Waals surface area contributed by atoms with Gasteiger partial charge < -0.3 is 10.2 Å². The molecule has 0 aromatic heterocycles. The largest absolute Gasteiger partial charge is 0.508 e. The van der Waals surface area contributed by atoms with Gasteiger partial charge in [-0.3, -0.25) is 4.79 Å². The monoisotopic (exact) mass is 204 g/mol. The highest BCUT2D eigenvalue weighted by molar-refractivity contribution is 5.88. The van der Waals surface area contributed by atoms with E-state index in [2.05, 4.69) is 0 Å². The molecule has 0 aliphatic carbocycles. The van der Waals surface area contributed by atoms with Crippen LogP contribution in [0.15, 0.2) is 42.2 Å². The Hall–Kier alpha value is -2.03. The lowest BCUT2D eigenvalue weighted by Gasteiger charge is -1.94. The van der Waals surface area contributed by atoms with Crippen LogP contribution >= 0.6 is 0 Å². The minimum atomic E-state index is -0.206. The van der Waals surface area contributed by atoms with Crippen LogP contribution in [0.2, 0.25) is 0 Å². The number of phenolic OH excluding ortho intramolecular Hbond substituents is 1. The van der Waals surface area contributed by atoms with Gasteiger partial charge >= 0.3 is 0 Å². The number of phenols is 1. The Bertz CT molecular complexity index is 399. The van der Waals surface area contributed by atoms with Crippen LogP contribution < -0.4 is 0 Å². The van der Waals surface area contributed by atoms with Crippen molar-refractivity contribution in [1.29, 1.82) is 0 Å². The first-order valence-electron chi connectivity index (χ1n) is 4.46. The quantitative estimate of drug-likeness (QED) is 0.451. The van der Waals surface area contributed by atoms with Crippen molar-refractivity contribution in [3.8, 4) is 5.75 Å². The third-order valence-corrected chi connectivity index (χ3v) is 1.69. The molecule has 0 saturated carbocycles. The summed E-state index contributed by atoms with van der Waals surface area (Å²) >= 11 is 0. The third kappa shape index (κ3) is 4.13. The van der Waals surface area contributed by atoms with Gasteiger partial charge in [-0.2, -0.15) is 0 Å². The standard InChI is InChI=1S/C12H12O3/c1-9(13)8-12(15)7-4-10-2-5-11(14)6-3-10/h2-8,14-15H,1H3/b7-4+,12-8?. The molecule has 15 heavy (non-hydrogen) atoms. The van der Waals surface area contributed by atoms with Crippen molar-refractivity contribution < 1.29 is 15.0 Å². The zero-order valence-corrected chi connectivity index (χ0v) is 8.34. The van der Waals surface area contributed by atoms with Gasteiger partial charge in [0.2, 0.25) is 0 Å². The van der Waals surface area contributed by atoms with E-state index in [1.807, 2.05) is 0 Å². The molecule has 0 atom stereocenters. The molecular weight excluding hydrogens is 192 g/mol. The van der Waals surface area contributed by atoms with Crippen LogP contribution in [0.4, 0.5) is 0 Å². The molecule has 0 amide bonds. The molecule has 78 valence electrons. The minimum absolute atomic E-state index is 0.0874. The average molecular weight is 204 g/mol. The molecule has 3 heteroatoms. The van der Waals surface area contributed by atoms with Crippen LogP contribution in [0.5, 0.6) is 5.75 Å². The number of hydrogen-bond donors (Lipinski definition) is 2. The van der Waals surface area contributed by atoms with Gasteiger partial charge in [0.15, 0.2) is 5.78 Å². The number of hydrogen-bond acceptors (Lipinski definition) is 3. The number of aliphatic hydroxyl groups is 1. The van der Waals surface area contributed by atoms with Crippen molar-refractivity contribution in [1.82, 2.24) is 0 Å². The molecule has 0 spiro atoms. The summed E-state index contributed by atoms with van der Waals surface area (Å²) < 4.78 is 0. The highest BCUT2D eigenvalue weighted by Crippen LogP contribution is 2.11. The Morgan fingerprint density at radius 2 is 1.87 bits per heavy atom. The fraction of sp³-hybridized carbons (Fsp3) is 0.0833. The summed E-state index contributed by atoms with van der Waals surface area (Å²) in [5.41, 5.74) is 0.830. The molecule has 0 radical (unpaired) electrons. The number of carbonyl (C=O) groups excluding carboxylic acids is 1. The fourth-order valence-electron chi connectivity index (χ4n) is 1.02. The predicted molar refractivity (Wildman–Crippen MR) is 58.5 cm³/mol. The van der Waals surface area contributed by atoms with Crippen LogP contribution in [0.25, 0.3) is 6.08 Å². The topological polar surface area (TPSA) is 57.5 Å². The molecule has 0 fully saturated rings. The number of allylic oxidation sites excluding steroid dienone is 2. The van der Waals surface area contributed by atoms with Gasteiger partial charge in [-0.25, -0.2) is 0 Å². The number of carbonyl (C=O) groups is 1. The Morgan fingerprint density at radius 3 is 2.40 bits per heavy atom. The molecule has 0 bridgehead atoms. The Kier molecular flexibility index (Phi) is 3.68. The van der Waals surface area contributed by atoms with E-state index >= 15 is 0 Å².